The molecule has 0 radical (unpaired) electrons. The minimum atomic E-state index is -0.948. The number of carbonyl (C=O) groups excluding carboxylic acids is 1. The Labute approximate surface area is 65.1 Å². The lowest BCUT2D eigenvalue weighted by Gasteiger charge is -2.17. The highest BCUT2D eigenvalue weighted by Crippen LogP contribution is 2.16. The first kappa shape index (κ1) is 8.07. The fraction of sp³-hybridized carbons (Fsp3) is 0.571. The van der Waals surface area contributed by atoms with Gasteiger partial charge in [-0.15, -0.1) is 0 Å². The summed E-state index contributed by atoms with van der Waals surface area (Å²) in [6, 6.07) is 0. The molecule has 1 aliphatic rings. The van der Waals surface area contributed by atoms with Gasteiger partial charge in [0.05, 0.1) is 6.61 Å². The Morgan fingerprint density at radius 1 is 1.82 bits per heavy atom. The zero-order valence-electron chi connectivity index (χ0n) is 6.59. The molecule has 4 nitrogen and oxygen atoms in total. The van der Waals surface area contributed by atoms with Gasteiger partial charge in [0.2, 0.25) is 5.60 Å². The number of carbonyl (C=O) groups is 1. The lowest BCUT2D eigenvalue weighted by molar-refractivity contribution is -0.166. The van der Waals surface area contributed by atoms with Crippen LogP contribution in [0.5, 0.6) is 0 Å². The first-order valence-corrected chi connectivity index (χ1v) is 3.47. The van der Waals surface area contributed by atoms with Gasteiger partial charge in [0, 0.05) is 6.20 Å². The monoisotopic (exact) mass is 157 g/mol. The Kier molecular flexibility index (Phi) is 2.14. The zero-order chi connectivity index (χ0) is 8.32. The van der Waals surface area contributed by atoms with Crippen LogP contribution in [-0.2, 0) is 14.4 Å². The van der Waals surface area contributed by atoms with Gasteiger partial charge in [0.25, 0.3) is 0 Å². The normalized spacial score (nSPS) is 28.2. The summed E-state index contributed by atoms with van der Waals surface area (Å²) in [6.45, 7) is 3.76. The van der Waals surface area contributed by atoms with Crippen LogP contribution < -0.4 is 5.48 Å². The van der Waals surface area contributed by atoms with Gasteiger partial charge >= 0.3 is 5.97 Å². The van der Waals surface area contributed by atoms with Gasteiger partial charge in [-0.2, -0.15) is 0 Å². The van der Waals surface area contributed by atoms with Crippen molar-refractivity contribution in [2.24, 2.45) is 0 Å². The third-order valence-electron chi connectivity index (χ3n) is 1.42. The van der Waals surface area contributed by atoms with Crippen molar-refractivity contribution >= 4 is 5.97 Å². The van der Waals surface area contributed by atoms with Crippen LogP contribution in [0.25, 0.3) is 0 Å². The molecular weight excluding hydrogens is 146 g/mol. The fourth-order valence-electron chi connectivity index (χ4n) is 0.768. The molecule has 0 bridgehead atoms. The van der Waals surface area contributed by atoms with Crippen LogP contribution in [-0.4, -0.2) is 18.2 Å². The number of nitrogens with one attached hydrogen (secondary N) is 1. The molecule has 0 saturated heterocycles. The number of rotatable bonds is 2. The van der Waals surface area contributed by atoms with Crippen molar-refractivity contribution < 1.29 is 14.4 Å². The van der Waals surface area contributed by atoms with Crippen molar-refractivity contribution in [1.29, 1.82) is 0 Å². The Morgan fingerprint density at radius 2 is 2.55 bits per heavy atom. The van der Waals surface area contributed by atoms with E-state index in [1.54, 1.807) is 26.1 Å². The topological polar surface area (TPSA) is 47.6 Å². The van der Waals surface area contributed by atoms with Crippen LogP contribution >= 0.6 is 0 Å². The van der Waals surface area contributed by atoms with Crippen molar-refractivity contribution in [2.45, 2.75) is 19.4 Å². The van der Waals surface area contributed by atoms with Gasteiger partial charge in [-0.05, 0) is 19.9 Å². The van der Waals surface area contributed by atoms with Crippen molar-refractivity contribution in [3.05, 3.63) is 12.3 Å². The average Bonchev–Trinajstić information content (AvgIpc) is 2.38. The molecule has 0 fully saturated rings. The molecule has 0 aromatic heterocycles. The molecule has 0 aromatic carbocycles. The van der Waals surface area contributed by atoms with E-state index in [9.17, 15) is 4.79 Å². The molecule has 11 heavy (non-hydrogen) atoms. The standard InChI is InChI=1S/C7H11NO3/c1-3-10-6(9)7(2)4-5-8-11-7/h4-5,8H,3H2,1-2H3. The highest BCUT2D eigenvalue weighted by atomic mass is 16.7. The number of hydroxylamine groups is 1. The van der Waals surface area contributed by atoms with Crippen LogP contribution in [0.4, 0.5) is 0 Å². The second-order valence-corrected chi connectivity index (χ2v) is 2.38. The second-order valence-electron chi connectivity index (χ2n) is 2.38. The van der Waals surface area contributed by atoms with Crippen LogP contribution in [0.3, 0.4) is 0 Å². The summed E-state index contributed by atoms with van der Waals surface area (Å²) >= 11 is 0. The van der Waals surface area contributed by atoms with E-state index in [1.807, 2.05) is 0 Å². The van der Waals surface area contributed by atoms with E-state index in [2.05, 4.69) is 5.48 Å². The largest absolute Gasteiger partial charge is 0.464 e. The maximum Gasteiger partial charge on any atom is 0.345 e. The van der Waals surface area contributed by atoms with Gasteiger partial charge in [0.15, 0.2) is 0 Å². The van der Waals surface area contributed by atoms with Crippen LogP contribution in [0, 0.1) is 0 Å². The summed E-state index contributed by atoms with van der Waals surface area (Å²) in [4.78, 5) is 16.0. The van der Waals surface area contributed by atoms with Crippen LogP contribution in [0.1, 0.15) is 13.8 Å². The molecular formula is C7H11NO3. The Morgan fingerprint density at radius 3 is 3.00 bits per heavy atom. The number of ether oxygens (including phenoxy) is 1. The quantitative estimate of drug-likeness (QED) is 0.588. The molecule has 1 N–H and O–H groups in total. The summed E-state index contributed by atoms with van der Waals surface area (Å²) in [7, 11) is 0. The molecule has 1 heterocycles. The van der Waals surface area contributed by atoms with Crippen molar-refractivity contribution in [2.75, 3.05) is 6.61 Å². The maximum absolute atomic E-state index is 11.1. The summed E-state index contributed by atoms with van der Waals surface area (Å²) in [5.74, 6) is -0.374. The van der Waals surface area contributed by atoms with E-state index in [4.69, 9.17) is 9.57 Å². The molecule has 1 aliphatic heterocycles. The molecule has 0 aliphatic carbocycles. The minimum absolute atomic E-state index is 0.367. The zero-order valence-corrected chi connectivity index (χ0v) is 6.59. The smallest absolute Gasteiger partial charge is 0.345 e. The summed E-state index contributed by atoms with van der Waals surface area (Å²) in [5.41, 5.74) is 1.52. The Balaban J connectivity index is 2.57. The van der Waals surface area contributed by atoms with Crippen LogP contribution in [0.15, 0.2) is 12.3 Å². The predicted octanol–water partition coefficient (Wildman–Crippen LogP) is 0.357. The van der Waals surface area contributed by atoms with Gasteiger partial charge in [-0.1, -0.05) is 0 Å². The third-order valence-corrected chi connectivity index (χ3v) is 1.42. The van der Waals surface area contributed by atoms with Crippen molar-refractivity contribution in [1.82, 2.24) is 5.48 Å². The highest BCUT2D eigenvalue weighted by Gasteiger charge is 2.36. The lowest BCUT2D eigenvalue weighted by atomic mass is 10.1. The van der Waals surface area contributed by atoms with Gasteiger partial charge in [-0.3, -0.25) is 10.3 Å². The van der Waals surface area contributed by atoms with E-state index in [-0.39, 0.29) is 5.97 Å². The van der Waals surface area contributed by atoms with E-state index in [0.717, 1.165) is 0 Å². The average molecular weight is 157 g/mol. The first-order chi connectivity index (χ1) is 5.19. The SMILES string of the molecule is CCOC(=O)C1(C)C=CNO1. The fourth-order valence-corrected chi connectivity index (χ4v) is 0.768. The Bertz CT molecular complexity index is 190. The second kappa shape index (κ2) is 2.92. The summed E-state index contributed by atoms with van der Waals surface area (Å²) in [6.07, 6.45) is 3.18. The molecule has 4 heteroatoms. The predicted molar refractivity (Wildman–Crippen MR) is 38.4 cm³/mol. The van der Waals surface area contributed by atoms with Gasteiger partial charge in [-0.25, -0.2) is 4.79 Å². The minimum Gasteiger partial charge on any atom is -0.464 e. The molecule has 1 atom stereocenters. The number of esters is 1. The van der Waals surface area contributed by atoms with E-state index >= 15 is 0 Å². The highest BCUT2D eigenvalue weighted by molar-refractivity contribution is 5.81. The van der Waals surface area contributed by atoms with E-state index in [1.165, 1.54) is 0 Å². The lowest BCUT2D eigenvalue weighted by Crippen LogP contribution is -2.37. The molecule has 0 spiro atoms. The van der Waals surface area contributed by atoms with Gasteiger partial charge in [0.1, 0.15) is 0 Å². The summed E-state index contributed by atoms with van der Waals surface area (Å²) in [5, 5.41) is 0. The van der Waals surface area contributed by atoms with Crippen molar-refractivity contribution in [3.8, 4) is 0 Å². The van der Waals surface area contributed by atoms with Crippen molar-refractivity contribution in [3.63, 3.8) is 0 Å². The number of hydrogen-bond donors (Lipinski definition) is 1. The molecule has 1 unspecified atom stereocenters. The van der Waals surface area contributed by atoms with E-state index < -0.39 is 5.60 Å². The molecule has 62 valence electrons. The number of hydrogen-bond acceptors (Lipinski definition) is 4. The molecule has 0 saturated carbocycles. The van der Waals surface area contributed by atoms with E-state index in [0.29, 0.717) is 6.61 Å². The third kappa shape index (κ3) is 1.51. The van der Waals surface area contributed by atoms with Crippen LogP contribution in [0.2, 0.25) is 0 Å². The summed E-state index contributed by atoms with van der Waals surface area (Å²) < 4.78 is 4.77. The first-order valence-electron chi connectivity index (χ1n) is 3.47. The maximum atomic E-state index is 11.1. The molecule has 1 rings (SSSR count). The van der Waals surface area contributed by atoms with Gasteiger partial charge < -0.3 is 4.74 Å². The molecule has 0 amide bonds. The Hall–Kier alpha value is -1.03. The molecule has 0 aromatic rings.